The van der Waals surface area contributed by atoms with E-state index in [2.05, 4.69) is 10.0 Å². The SMILES string of the molecule is Cc1ccc(S(=O)(=O)Nc2ccc(C(=O)N[C@H](C)c3ccc(F)cc3)cc2Cl)cc1. The van der Waals surface area contributed by atoms with E-state index in [9.17, 15) is 17.6 Å². The van der Waals surface area contributed by atoms with Crippen molar-refractivity contribution >= 4 is 33.2 Å². The van der Waals surface area contributed by atoms with Crippen molar-refractivity contribution in [3.05, 3.63) is 94.3 Å². The molecule has 3 rings (SSSR count). The smallest absolute Gasteiger partial charge is 0.261 e. The van der Waals surface area contributed by atoms with Gasteiger partial charge in [0.15, 0.2) is 0 Å². The topological polar surface area (TPSA) is 75.3 Å². The second-order valence-electron chi connectivity index (χ2n) is 6.86. The highest BCUT2D eigenvalue weighted by Crippen LogP contribution is 2.26. The molecule has 0 saturated carbocycles. The molecule has 156 valence electrons. The molecule has 3 aromatic rings. The van der Waals surface area contributed by atoms with Gasteiger partial charge in [-0.25, -0.2) is 12.8 Å². The zero-order valence-corrected chi connectivity index (χ0v) is 17.9. The van der Waals surface area contributed by atoms with Crippen molar-refractivity contribution in [1.82, 2.24) is 5.32 Å². The van der Waals surface area contributed by atoms with Crippen molar-refractivity contribution in [2.75, 3.05) is 4.72 Å². The molecule has 0 unspecified atom stereocenters. The van der Waals surface area contributed by atoms with Crippen LogP contribution in [-0.2, 0) is 10.0 Å². The Morgan fingerprint density at radius 1 is 1.00 bits per heavy atom. The first-order chi connectivity index (χ1) is 14.2. The number of rotatable bonds is 6. The first kappa shape index (κ1) is 21.8. The van der Waals surface area contributed by atoms with E-state index in [4.69, 9.17) is 11.6 Å². The summed E-state index contributed by atoms with van der Waals surface area (Å²) in [5.74, 6) is -0.741. The molecule has 0 aliphatic heterocycles. The summed E-state index contributed by atoms with van der Waals surface area (Å²) in [7, 11) is -3.81. The van der Waals surface area contributed by atoms with Gasteiger partial charge in [0.25, 0.3) is 15.9 Å². The van der Waals surface area contributed by atoms with Gasteiger partial charge in [-0.1, -0.05) is 41.4 Å². The number of aryl methyl sites for hydroxylation is 1. The second-order valence-corrected chi connectivity index (χ2v) is 8.95. The summed E-state index contributed by atoms with van der Waals surface area (Å²) in [6, 6.07) is 16.2. The number of hydrogen-bond acceptors (Lipinski definition) is 3. The number of sulfonamides is 1. The van der Waals surface area contributed by atoms with Crippen LogP contribution in [0.15, 0.2) is 71.6 Å². The zero-order chi connectivity index (χ0) is 21.9. The summed E-state index contributed by atoms with van der Waals surface area (Å²) in [5, 5.41) is 2.89. The van der Waals surface area contributed by atoms with E-state index in [1.165, 1.54) is 42.5 Å². The van der Waals surface area contributed by atoms with Crippen molar-refractivity contribution in [2.45, 2.75) is 24.8 Å². The van der Waals surface area contributed by atoms with Gasteiger partial charge in [0.1, 0.15) is 5.82 Å². The molecule has 0 radical (unpaired) electrons. The first-order valence-corrected chi connectivity index (χ1v) is 11.0. The van der Waals surface area contributed by atoms with Crippen molar-refractivity contribution < 1.29 is 17.6 Å². The molecular weight excluding hydrogens is 427 g/mol. The van der Waals surface area contributed by atoms with Crippen LogP contribution in [0.4, 0.5) is 10.1 Å². The third-order valence-corrected chi connectivity index (χ3v) is 6.22. The van der Waals surface area contributed by atoms with E-state index in [1.54, 1.807) is 31.2 Å². The molecule has 30 heavy (non-hydrogen) atoms. The Hall–Kier alpha value is -2.90. The van der Waals surface area contributed by atoms with Crippen LogP contribution < -0.4 is 10.0 Å². The molecule has 0 aliphatic carbocycles. The van der Waals surface area contributed by atoms with E-state index in [0.717, 1.165) is 11.1 Å². The molecule has 0 aromatic heterocycles. The first-order valence-electron chi connectivity index (χ1n) is 9.11. The second kappa shape index (κ2) is 8.85. The number of anilines is 1. The molecule has 1 atom stereocenters. The van der Waals surface area contributed by atoms with E-state index in [-0.39, 0.29) is 38.9 Å². The van der Waals surface area contributed by atoms with E-state index in [0.29, 0.717) is 0 Å². The largest absolute Gasteiger partial charge is 0.346 e. The fourth-order valence-corrected chi connectivity index (χ4v) is 4.14. The van der Waals surface area contributed by atoms with E-state index < -0.39 is 10.0 Å². The number of hydrogen-bond donors (Lipinski definition) is 2. The summed E-state index contributed by atoms with van der Waals surface area (Å²) in [5.41, 5.74) is 2.13. The van der Waals surface area contributed by atoms with E-state index in [1.807, 2.05) is 6.92 Å². The highest BCUT2D eigenvalue weighted by Gasteiger charge is 2.17. The maximum Gasteiger partial charge on any atom is 0.261 e. The predicted octanol–water partition coefficient (Wildman–Crippen LogP) is 5.08. The van der Waals surface area contributed by atoms with Crippen LogP contribution in [-0.4, -0.2) is 14.3 Å². The summed E-state index contributed by atoms with van der Waals surface area (Å²) >= 11 is 6.21. The molecule has 2 N–H and O–H groups in total. The van der Waals surface area contributed by atoms with Gasteiger partial charge in [-0.2, -0.15) is 0 Å². The van der Waals surface area contributed by atoms with E-state index >= 15 is 0 Å². The van der Waals surface area contributed by atoms with Gasteiger partial charge in [-0.15, -0.1) is 0 Å². The Morgan fingerprint density at radius 3 is 2.23 bits per heavy atom. The van der Waals surface area contributed by atoms with Crippen LogP contribution in [0.2, 0.25) is 5.02 Å². The maximum absolute atomic E-state index is 13.1. The minimum atomic E-state index is -3.81. The Labute approximate surface area is 179 Å². The van der Waals surface area contributed by atoms with Crippen molar-refractivity contribution in [2.24, 2.45) is 0 Å². The molecular formula is C22H20ClFN2O3S. The highest BCUT2D eigenvalue weighted by molar-refractivity contribution is 7.92. The monoisotopic (exact) mass is 446 g/mol. The van der Waals surface area contributed by atoms with Gasteiger partial charge in [-0.3, -0.25) is 9.52 Å². The lowest BCUT2D eigenvalue weighted by atomic mass is 10.1. The van der Waals surface area contributed by atoms with Gasteiger partial charge in [0.05, 0.1) is 21.6 Å². The molecule has 5 nitrogen and oxygen atoms in total. The van der Waals surface area contributed by atoms with Gasteiger partial charge in [0.2, 0.25) is 0 Å². The quantitative estimate of drug-likeness (QED) is 0.554. The fourth-order valence-electron chi connectivity index (χ4n) is 2.77. The third kappa shape index (κ3) is 5.17. The lowest BCUT2D eigenvalue weighted by Gasteiger charge is -2.15. The maximum atomic E-state index is 13.1. The van der Waals surface area contributed by atoms with Gasteiger partial charge >= 0.3 is 0 Å². The minimum absolute atomic E-state index is 0.0905. The number of carbonyl (C=O) groups excluding carboxylic acids is 1. The standard InChI is InChI=1S/C22H20ClFN2O3S/c1-14-3-10-19(11-4-14)30(28,29)26-21-12-7-17(13-20(21)23)22(27)25-15(2)16-5-8-18(24)9-6-16/h3-13,15,26H,1-2H3,(H,25,27)/t15-/m1/s1. The van der Waals surface area contributed by atoms with Crippen LogP contribution in [0, 0.1) is 12.7 Å². The summed E-state index contributed by atoms with van der Waals surface area (Å²) < 4.78 is 40.6. The molecule has 0 aliphatic rings. The van der Waals surface area contributed by atoms with Crippen LogP contribution in [0.25, 0.3) is 0 Å². The third-order valence-electron chi connectivity index (χ3n) is 4.52. The Bertz CT molecular complexity index is 1160. The predicted molar refractivity (Wildman–Crippen MR) is 116 cm³/mol. The van der Waals surface area contributed by atoms with Gasteiger partial charge in [-0.05, 0) is 61.9 Å². The molecule has 1 amide bonds. The molecule has 3 aromatic carbocycles. The fraction of sp³-hybridized carbons (Fsp3) is 0.136. The molecule has 0 heterocycles. The minimum Gasteiger partial charge on any atom is -0.346 e. The lowest BCUT2D eigenvalue weighted by Crippen LogP contribution is -2.26. The lowest BCUT2D eigenvalue weighted by molar-refractivity contribution is 0.0940. The summed E-state index contributed by atoms with van der Waals surface area (Å²) in [6.07, 6.45) is 0. The normalized spacial score (nSPS) is 12.3. The van der Waals surface area contributed by atoms with Crippen molar-refractivity contribution in [3.8, 4) is 0 Å². The van der Waals surface area contributed by atoms with Crippen molar-refractivity contribution in [3.63, 3.8) is 0 Å². The molecule has 0 fully saturated rings. The summed E-state index contributed by atoms with van der Waals surface area (Å²) in [6.45, 7) is 3.64. The van der Waals surface area contributed by atoms with Crippen LogP contribution >= 0.6 is 11.6 Å². The average Bonchev–Trinajstić information content (AvgIpc) is 2.70. The average molecular weight is 447 g/mol. The van der Waals surface area contributed by atoms with Gasteiger partial charge in [0, 0.05) is 5.56 Å². The molecule has 0 saturated heterocycles. The van der Waals surface area contributed by atoms with Gasteiger partial charge < -0.3 is 5.32 Å². The Balaban J connectivity index is 1.73. The summed E-state index contributed by atoms with van der Waals surface area (Å²) in [4.78, 5) is 12.6. The van der Waals surface area contributed by atoms with Crippen LogP contribution in [0.5, 0.6) is 0 Å². The highest BCUT2D eigenvalue weighted by atomic mass is 35.5. The number of nitrogens with one attached hydrogen (secondary N) is 2. The number of amides is 1. The van der Waals surface area contributed by atoms with Crippen LogP contribution in [0.3, 0.4) is 0 Å². The molecule has 0 bridgehead atoms. The zero-order valence-electron chi connectivity index (χ0n) is 16.3. The Morgan fingerprint density at radius 2 is 1.63 bits per heavy atom. The molecule has 0 spiro atoms. The van der Waals surface area contributed by atoms with Crippen molar-refractivity contribution in [1.29, 1.82) is 0 Å². The Kier molecular flexibility index (Phi) is 6.43. The number of halogens is 2. The van der Waals surface area contributed by atoms with Crippen LogP contribution in [0.1, 0.15) is 34.5 Å². The number of benzene rings is 3. The molecule has 8 heteroatoms. The number of carbonyl (C=O) groups is 1.